The van der Waals surface area contributed by atoms with Crippen LogP contribution in [0.5, 0.6) is 5.75 Å². The monoisotopic (exact) mass is 549 g/mol. The molecule has 0 spiro atoms. The molecule has 0 aliphatic heterocycles. The minimum Gasteiger partial charge on any atom is -0.482 e. The highest BCUT2D eigenvalue weighted by molar-refractivity contribution is 7.92. The molecule has 188 valence electrons. The van der Waals surface area contributed by atoms with E-state index in [9.17, 15) is 18.0 Å². The largest absolute Gasteiger partial charge is 0.482 e. The van der Waals surface area contributed by atoms with Gasteiger partial charge in [0.15, 0.2) is 6.61 Å². The molecule has 0 radical (unpaired) electrons. The van der Waals surface area contributed by atoms with Gasteiger partial charge in [-0.3, -0.25) is 9.10 Å². The number of hydrazone groups is 1. The maximum atomic E-state index is 13.3. The quantitative estimate of drug-likeness (QED) is 0.233. The van der Waals surface area contributed by atoms with E-state index in [2.05, 4.69) is 15.3 Å². The summed E-state index contributed by atoms with van der Waals surface area (Å²) in [4.78, 5) is 23.9. The fraction of sp³-hybridized carbons (Fsp3) is 0.125. The SMILES string of the molecule is COC(=O)COc1cccc(/C=N/NC(=O)CN(c2cc(Cl)cc(Cl)c2)S(=O)(=O)c2ccccc2)c1. The van der Waals surface area contributed by atoms with Gasteiger partial charge in [-0.2, -0.15) is 5.10 Å². The number of hydrogen-bond donors (Lipinski definition) is 1. The van der Waals surface area contributed by atoms with E-state index in [1.54, 1.807) is 42.5 Å². The van der Waals surface area contributed by atoms with Gasteiger partial charge in [-0.25, -0.2) is 18.6 Å². The number of esters is 1. The van der Waals surface area contributed by atoms with E-state index in [1.165, 1.54) is 43.7 Å². The van der Waals surface area contributed by atoms with Crippen molar-refractivity contribution >= 4 is 57.0 Å². The van der Waals surface area contributed by atoms with Gasteiger partial charge in [-0.1, -0.05) is 53.5 Å². The molecule has 0 fully saturated rings. The van der Waals surface area contributed by atoms with Crippen LogP contribution in [0.2, 0.25) is 10.0 Å². The summed E-state index contributed by atoms with van der Waals surface area (Å²) in [5.41, 5.74) is 2.99. The van der Waals surface area contributed by atoms with E-state index < -0.39 is 28.4 Å². The minimum atomic E-state index is -4.13. The lowest BCUT2D eigenvalue weighted by Crippen LogP contribution is -2.39. The Balaban J connectivity index is 1.76. The Morgan fingerprint density at radius 2 is 1.69 bits per heavy atom. The van der Waals surface area contributed by atoms with Crippen LogP contribution < -0.4 is 14.5 Å². The molecule has 9 nitrogen and oxygen atoms in total. The van der Waals surface area contributed by atoms with Crippen molar-refractivity contribution < 1.29 is 27.5 Å². The van der Waals surface area contributed by atoms with Gasteiger partial charge >= 0.3 is 5.97 Å². The van der Waals surface area contributed by atoms with Crippen molar-refractivity contribution in [2.75, 3.05) is 24.6 Å². The number of nitrogens with zero attached hydrogens (tertiary/aromatic N) is 2. The minimum absolute atomic E-state index is 0.0128. The molecule has 0 aliphatic carbocycles. The van der Waals surface area contributed by atoms with Crippen molar-refractivity contribution in [3.05, 3.63) is 88.4 Å². The summed E-state index contributed by atoms with van der Waals surface area (Å²) in [5, 5.41) is 4.30. The van der Waals surface area contributed by atoms with E-state index in [-0.39, 0.29) is 27.2 Å². The topological polar surface area (TPSA) is 114 Å². The molecule has 0 unspecified atom stereocenters. The summed E-state index contributed by atoms with van der Waals surface area (Å²) >= 11 is 12.1. The third-order valence-corrected chi connectivity index (χ3v) is 6.82. The zero-order chi connectivity index (χ0) is 26.1. The number of methoxy groups -OCH3 is 1. The highest BCUT2D eigenvalue weighted by Crippen LogP contribution is 2.29. The predicted octanol–water partition coefficient (Wildman–Crippen LogP) is 3.89. The first-order valence-corrected chi connectivity index (χ1v) is 12.5. The molecule has 0 saturated heterocycles. The molecule has 3 aromatic carbocycles. The van der Waals surface area contributed by atoms with E-state index >= 15 is 0 Å². The van der Waals surface area contributed by atoms with Crippen molar-refractivity contribution in [2.45, 2.75) is 4.90 Å². The van der Waals surface area contributed by atoms with E-state index in [0.29, 0.717) is 11.3 Å². The number of halogens is 2. The Hall–Kier alpha value is -3.60. The molecule has 1 amide bonds. The van der Waals surface area contributed by atoms with Crippen LogP contribution in [-0.2, 0) is 24.3 Å². The van der Waals surface area contributed by atoms with Crippen LogP contribution >= 0.6 is 23.2 Å². The molecule has 0 atom stereocenters. The summed E-state index contributed by atoms with van der Waals surface area (Å²) in [6, 6.07) is 18.5. The Kier molecular flexibility index (Phi) is 9.29. The van der Waals surface area contributed by atoms with Crippen molar-refractivity contribution in [3.63, 3.8) is 0 Å². The molecule has 3 aromatic rings. The van der Waals surface area contributed by atoms with Gasteiger partial charge in [0.1, 0.15) is 12.3 Å². The van der Waals surface area contributed by atoms with Crippen LogP contribution in [0.4, 0.5) is 5.69 Å². The molecule has 0 bridgehead atoms. The Morgan fingerprint density at radius 3 is 2.36 bits per heavy atom. The van der Waals surface area contributed by atoms with Crippen LogP contribution in [0.15, 0.2) is 82.8 Å². The van der Waals surface area contributed by atoms with E-state index in [4.69, 9.17) is 27.9 Å². The van der Waals surface area contributed by atoms with Crippen molar-refractivity contribution in [3.8, 4) is 5.75 Å². The second-order valence-electron chi connectivity index (χ2n) is 7.18. The first kappa shape index (κ1) is 27.0. The number of anilines is 1. The number of nitrogens with one attached hydrogen (secondary N) is 1. The number of carbonyl (C=O) groups excluding carboxylic acids is 2. The normalized spacial score (nSPS) is 11.2. The molecular formula is C24H21Cl2N3O6S. The maximum absolute atomic E-state index is 13.3. The molecule has 12 heteroatoms. The summed E-state index contributed by atoms with van der Waals surface area (Å²) in [5.74, 6) is -0.842. The Bertz CT molecular complexity index is 1350. The smallest absolute Gasteiger partial charge is 0.343 e. The second kappa shape index (κ2) is 12.4. The predicted molar refractivity (Wildman–Crippen MR) is 137 cm³/mol. The molecule has 0 heterocycles. The molecular weight excluding hydrogens is 529 g/mol. The second-order valence-corrected chi connectivity index (χ2v) is 9.92. The number of sulfonamides is 1. The molecule has 3 rings (SSSR count). The van der Waals surface area contributed by atoms with Crippen LogP contribution in [0.25, 0.3) is 0 Å². The van der Waals surface area contributed by atoms with Crippen LogP contribution in [0.3, 0.4) is 0 Å². The fourth-order valence-electron chi connectivity index (χ4n) is 2.95. The zero-order valence-electron chi connectivity index (χ0n) is 18.9. The standard InChI is InChI=1S/C24H21Cl2N3O6S/c1-34-24(31)16-35-21-7-5-6-17(10-21)14-27-28-23(30)15-29(20-12-18(25)11-19(26)13-20)36(32,33)22-8-3-2-4-9-22/h2-14H,15-16H2,1H3,(H,28,30)/b27-14+. The molecule has 0 saturated carbocycles. The average Bonchev–Trinajstić information content (AvgIpc) is 2.86. The molecule has 36 heavy (non-hydrogen) atoms. The van der Waals surface area contributed by atoms with Crippen LogP contribution in [0, 0.1) is 0 Å². The van der Waals surface area contributed by atoms with Gasteiger partial charge in [0.25, 0.3) is 15.9 Å². The maximum Gasteiger partial charge on any atom is 0.343 e. The van der Waals surface area contributed by atoms with Crippen LogP contribution in [0.1, 0.15) is 5.56 Å². The van der Waals surface area contributed by atoms with Crippen molar-refractivity contribution in [1.29, 1.82) is 0 Å². The van der Waals surface area contributed by atoms with Crippen molar-refractivity contribution in [1.82, 2.24) is 5.43 Å². The molecule has 0 aliphatic rings. The summed E-state index contributed by atoms with van der Waals surface area (Å²) < 4.78 is 37.4. The Morgan fingerprint density at radius 1 is 1.00 bits per heavy atom. The van der Waals surface area contributed by atoms with Gasteiger partial charge < -0.3 is 9.47 Å². The first-order valence-electron chi connectivity index (χ1n) is 10.3. The summed E-state index contributed by atoms with van der Waals surface area (Å²) in [6.07, 6.45) is 1.34. The van der Waals surface area contributed by atoms with E-state index in [0.717, 1.165) is 4.31 Å². The zero-order valence-corrected chi connectivity index (χ0v) is 21.3. The number of benzene rings is 3. The lowest BCUT2D eigenvalue weighted by Gasteiger charge is -2.24. The third-order valence-electron chi connectivity index (χ3n) is 4.60. The number of ether oxygens (including phenoxy) is 2. The van der Waals surface area contributed by atoms with Crippen molar-refractivity contribution in [2.24, 2.45) is 5.10 Å². The number of rotatable bonds is 10. The van der Waals surface area contributed by atoms with Gasteiger partial charge in [0, 0.05) is 10.0 Å². The average molecular weight is 550 g/mol. The number of hydrogen-bond acceptors (Lipinski definition) is 7. The lowest BCUT2D eigenvalue weighted by molar-refractivity contribution is -0.142. The molecule has 0 aromatic heterocycles. The third kappa shape index (κ3) is 7.45. The van der Waals surface area contributed by atoms with Gasteiger partial charge in [0.05, 0.1) is 23.9 Å². The van der Waals surface area contributed by atoms with Crippen LogP contribution in [-0.4, -0.2) is 46.8 Å². The van der Waals surface area contributed by atoms with E-state index in [1.807, 2.05) is 0 Å². The first-order chi connectivity index (χ1) is 17.2. The summed E-state index contributed by atoms with van der Waals surface area (Å²) in [6.45, 7) is -0.847. The van der Waals surface area contributed by atoms with Gasteiger partial charge in [-0.15, -0.1) is 0 Å². The van der Waals surface area contributed by atoms with Gasteiger partial charge in [-0.05, 0) is 48.0 Å². The highest BCUT2D eigenvalue weighted by Gasteiger charge is 2.27. The Labute approximate surface area is 218 Å². The number of amides is 1. The fourth-order valence-corrected chi connectivity index (χ4v) is 4.89. The summed E-state index contributed by atoms with van der Waals surface area (Å²) in [7, 11) is -2.88. The number of carbonyl (C=O) groups is 2. The van der Waals surface area contributed by atoms with Gasteiger partial charge in [0.2, 0.25) is 0 Å². The lowest BCUT2D eigenvalue weighted by atomic mass is 10.2. The highest BCUT2D eigenvalue weighted by atomic mass is 35.5. The molecule has 1 N–H and O–H groups in total.